The minimum Gasteiger partial charge on any atom is -0.275 e. The lowest BCUT2D eigenvalue weighted by Crippen LogP contribution is -2.05. The van der Waals surface area contributed by atoms with Crippen LogP contribution in [0.1, 0.15) is 5.56 Å². The van der Waals surface area contributed by atoms with Crippen LogP contribution in [0.4, 0.5) is 18.9 Å². The predicted molar refractivity (Wildman–Crippen MR) is 59.2 cm³/mol. The SMILES string of the molecule is N#C/C=N/Nc1c(Cl)cc(C(F)(F)F)cc1Cl. The molecule has 0 spiro atoms. The number of hydrogen-bond donors (Lipinski definition) is 1. The number of nitriles is 1. The molecule has 8 heteroatoms. The van der Waals surface area contributed by atoms with Gasteiger partial charge < -0.3 is 0 Å². The highest BCUT2D eigenvalue weighted by Gasteiger charge is 2.31. The summed E-state index contributed by atoms with van der Waals surface area (Å²) in [4.78, 5) is 0. The van der Waals surface area contributed by atoms with Gasteiger partial charge in [-0.2, -0.15) is 23.5 Å². The molecule has 90 valence electrons. The van der Waals surface area contributed by atoms with Crippen LogP contribution in [0.5, 0.6) is 0 Å². The van der Waals surface area contributed by atoms with Crippen molar-refractivity contribution in [3.63, 3.8) is 0 Å². The Hall–Kier alpha value is -1.45. The normalized spacial score (nSPS) is 11.5. The van der Waals surface area contributed by atoms with Gasteiger partial charge in [0.15, 0.2) is 0 Å². The van der Waals surface area contributed by atoms with Crippen LogP contribution in [0, 0.1) is 11.3 Å². The van der Waals surface area contributed by atoms with Crippen LogP contribution >= 0.6 is 23.2 Å². The van der Waals surface area contributed by atoms with Gasteiger partial charge in [-0.05, 0) is 12.1 Å². The Labute approximate surface area is 104 Å². The van der Waals surface area contributed by atoms with E-state index in [1.54, 1.807) is 6.07 Å². The molecule has 0 heterocycles. The molecule has 0 bridgehead atoms. The molecule has 0 aliphatic rings. The standard InChI is InChI=1S/C9H4Cl2F3N3/c10-6-3-5(9(12,13)14)4-7(11)8(6)17-16-2-1-15/h2-4,17H/b16-2+. The third-order valence-electron chi connectivity index (χ3n) is 1.67. The molecule has 0 unspecified atom stereocenters. The molecule has 1 aromatic rings. The maximum atomic E-state index is 12.4. The Morgan fingerprint density at radius 2 is 1.82 bits per heavy atom. The highest BCUT2D eigenvalue weighted by atomic mass is 35.5. The number of hydrazone groups is 1. The van der Waals surface area contributed by atoms with E-state index >= 15 is 0 Å². The third kappa shape index (κ3) is 3.51. The van der Waals surface area contributed by atoms with Gasteiger partial charge in [0.1, 0.15) is 12.3 Å². The molecule has 0 saturated carbocycles. The highest BCUT2D eigenvalue weighted by Crippen LogP contribution is 2.38. The lowest BCUT2D eigenvalue weighted by molar-refractivity contribution is -0.137. The molecule has 0 amide bonds. The molecule has 0 atom stereocenters. The fourth-order valence-electron chi connectivity index (χ4n) is 0.969. The molecule has 0 aliphatic heterocycles. The average molecular weight is 282 g/mol. The summed E-state index contributed by atoms with van der Waals surface area (Å²) in [7, 11) is 0. The van der Waals surface area contributed by atoms with Crippen LogP contribution in [-0.2, 0) is 6.18 Å². The van der Waals surface area contributed by atoms with E-state index in [0.717, 1.165) is 18.3 Å². The first-order valence-electron chi connectivity index (χ1n) is 4.09. The van der Waals surface area contributed by atoms with Gasteiger partial charge in [-0.25, -0.2) is 0 Å². The van der Waals surface area contributed by atoms with Crippen molar-refractivity contribution in [2.75, 3.05) is 5.43 Å². The van der Waals surface area contributed by atoms with Crippen molar-refractivity contribution < 1.29 is 13.2 Å². The molecular formula is C9H4Cl2F3N3. The van der Waals surface area contributed by atoms with Crippen LogP contribution in [-0.4, -0.2) is 6.21 Å². The number of nitrogens with zero attached hydrogens (tertiary/aromatic N) is 2. The molecule has 0 aliphatic carbocycles. The van der Waals surface area contributed by atoms with E-state index in [-0.39, 0.29) is 15.7 Å². The summed E-state index contributed by atoms with van der Waals surface area (Å²) in [6.07, 6.45) is -3.67. The Balaban J connectivity index is 3.12. The van der Waals surface area contributed by atoms with Crippen molar-refractivity contribution in [3.8, 4) is 6.07 Å². The van der Waals surface area contributed by atoms with Crippen molar-refractivity contribution in [1.82, 2.24) is 0 Å². The molecule has 0 aromatic heterocycles. The van der Waals surface area contributed by atoms with E-state index in [2.05, 4.69) is 10.5 Å². The minimum atomic E-state index is -4.53. The fourth-order valence-corrected chi connectivity index (χ4v) is 1.54. The first-order valence-corrected chi connectivity index (χ1v) is 4.85. The molecule has 0 radical (unpaired) electrons. The second kappa shape index (κ2) is 5.25. The Kier molecular flexibility index (Phi) is 4.21. The van der Waals surface area contributed by atoms with Gasteiger partial charge in [0.2, 0.25) is 0 Å². The maximum absolute atomic E-state index is 12.4. The minimum absolute atomic E-state index is 0.00725. The van der Waals surface area contributed by atoms with Crippen LogP contribution in [0.25, 0.3) is 0 Å². The lowest BCUT2D eigenvalue weighted by atomic mass is 10.2. The maximum Gasteiger partial charge on any atom is 0.416 e. The average Bonchev–Trinajstić information content (AvgIpc) is 2.20. The van der Waals surface area contributed by atoms with Crippen LogP contribution in [0.3, 0.4) is 0 Å². The predicted octanol–water partition coefficient (Wildman–Crippen LogP) is 3.93. The van der Waals surface area contributed by atoms with E-state index in [1.807, 2.05) is 0 Å². The summed E-state index contributed by atoms with van der Waals surface area (Å²) in [6, 6.07) is 3.03. The van der Waals surface area contributed by atoms with E-state index in [1.165, 1.54) is 0 Å². The van der Waals surface area contributed by atoms with E-state index in [4.69, 9.17) is 28.5 Å². The molecule has 17 heavy (non-hydrogen) atoms. The van der Waals surface area contributed by atoms with Crippen LogP contribution in [0.2, 0.25) is 10.0 Å². The van der Waals surface area contributed by atoms with Crippen molar-refractivity contribution in [3.05, 3.63) is 27.7 Å². The summed E-state index contributed by atoms with van der Waals surface area (Å²) in [5, 5.41) is 11.1. The third-order valence-corrected chi connectivity index (χ3v) is 2.26. The Morgan fingerprint density at radius 1 is 1.29 bits per heavy atom. The number of benzene rings is 1. The van der Waals surface area contributed by atoms with Gasteiger partial charge in [-0.3, -0.25) is 5.43 Å². The van der Waals surface area contributed by atoms with Crippen LogP contribution < -0.4 is 5.43 Å². The monoisotopic (exact) mass is 281 g/mol. The number of alkyl halides is 3. The molecule has 0 fully saturated rings. The lowest BCUT2D eigenvalue weighted by Gasteiger charge is -2.11. The second-order valence-electron chi connectivity index (χ2n) is 2.81. The number of anilines is 1. The van der Waals surface area contributed by atoms with E-state index in [9.17, 15) is 13.2 Å². The summed E-state index contributed by atoms with van der Waals surface area (Å²) in [6.45, 7) is 0. The zero-order valence-corrected chi connectivity index (χ0v) is 9.53. The smallest absolute Gasteiger partial charge is 0.275 e. The van der Waals surface area contributed by atoms with Crippen molar-refractivity contribution in [2.24, 2.45) is 5.10 Å². The molecule has 1 N–H and O–H groups in total. The summed E-state index contributed by atoms with van der Waals surface area (Å²) in [5.41, 5.74) is 1.33. The van der Waals surface area contributed by atoms with Gasteiger partial charge in [-0.15, -0.1) is 0 Å². The molecule has 1 aromatic carbocycles. The van der Waals surface area contributed by atoms with Crippen LogP contribution in [0.15, 0.2) is 17.2 Å². The number of nitrogens with one attached hydrogen (secondary N) is 1. The second-order valence-corrected chi connectivity index (χ2v) is 3.63. The quantitative estimate of drug-likeness (QED) is 0.659. The van der Waals surface area contributed by atoms with Gasteiger partial charge in [0.25, 0.3) is 0 Å². The molecule has 3 nitrogen and oxygen atoms in total. The van der Waals surface area contributed by atoms with Gasteiger partial charge in [0, 0.05) is 0 Å². The zero-order valence-electron chi connectivity index (χ0n) is 8.02. The highest BCUT2D eigenvalue weighted by molar-refractivity contribution is 6.39. The number of rotatable bonds is 2. The number of halogens is 5. The van der Waals surface area contributed by atoms with Gasteiger partial charge >= 0.3 is 6.18 Å². The molecule has 0 saturated heterocycles. The summed E-state index contributed by atoms with van der Waals surface area (Å²) >= 11 is 11.2. The van der Waals surface area contributed by atoms with Crippen molar-refractivity contribution >= 4 is 35.1 Å². The van der Waals surface area contributed by atoms with Crippen molar-refractivity contribution in [1.29, 1.82) is 5.26 Å². The molecule has 1 rings (SSSR count). The van der Waals surface area contributed by atoms with E-state index in [0.29, 0.717) is 0 Å². The molecular weight excluding hydrogens is 278 g/mol. The number of hydrogen-bond acceptors (Lipinski definition) is 3. The van der Waals surface area contributed by atoms with Crippen molar-refractivity contribution in [2.45, 2.75) is 6.18 Å². The Morgan fingerprint density at radius 3 is 2.24 bits per heavy atom. The van der Waals surface area contributed by atoms with E-state index < -0.39 is 11.7 Å². The summed E-state index contributed by atoms with van der Waals surface area (Å²) < 4.78 is 37.1. The zero-order chi connectivity index (χ0) is 13.1. The Bertz CT molecular complexity index is 468. The fraction of sp³-hybridized carbons (Fsp3) is 0.111. The summed E-state index contributed by atoms with van der Waals surface area (Å²) in [5.74, 6) is 0. The van der Waals surface area contributed by atoms with Gasteiger partial charge in [-0.1, -0.05) is 23.2 Å². The van der Waals surface area contributed by atoms with Gasteiger partial charge in [0.05, 0.1) is 21.3 Å². The first kappa shape index (κ1) is 13.6. The largest absolute Gasteiger partial charge is 0.416 e. The first-order chi connectivity index (χ1) is 7.86. The topological polar surface area (TPSA) is 48.2 Å².